The van der Waals surface area contributed by atoms with E-state index in [-0.39, 0.29) is 5.56 Å². The van der Waals surface area contributed by atoms with E-state index < -0.39 is 5.97 Å². The van der Waals surface area contributed by atoms with Crippen LogP contribution in [0.1, 0.15) is 36.2 Å². The Hall–Kier alpha value is -3.54. The first kappa shape index (κ1) is 22.7. The van der Waals surface area contributed by atoms with E-state index in [4.69, 9.17) is 4.74 Å². The molecule has 0 bridgehead atoms. The number of carbonyl (C=O) groups is 1. The van der Waals surface area contributed by atoms with Gasteiger partial charge in [-0.3, -0.25) is 14.8 Å². The van der Waals surface area contributed by atoms with Crippen molar-refractivity contribution in [2.45, 2.75) is 26.7 Å². The Kier molecular flexibility index (Phi) is 8.23. The van der Waals surface area contributed by atoms with Gasteiger partial charge in [0.05, 0.1) is 24.0 Å². The highest BCUT2D eigenvalue weighted by Crippen LogP contribution is 2.28. The summed E-state index contributed by atoms with van der Waals surface area (Å²) in [6.45, 7) is 7.78. The molecule has 0 amide bonds. The second-order valence-electron chi connectivity index (χ2n) is 6.73. The maximum atomic E-state index is 12.1. The minimum Gasteiger partial charge on any atom is -0.465 e. The van der Waals surface area contributed by atoms with E-state index in [0.717, 1.165) is 10.9 Å². The van der Waals surface area contributed by atoms with Gasteiger partial charge in [-0.25, -0.2) is 4.79 Å². The molecule has 0 spiro atoms. The number of pyridine rings is 1. The third-order valence-electron chi connectivity index (χ3n) is 4.27. The molecule has 0 N–H and O–H groups in total. The molecule has 1 heterocycles. The first-order valence-electron chi connectivity index (χ1n) is 9.75. The van der Waals surface area contributed by atoms with E-state index in [1.165, 1.54) is 13.5 Å². The number of aliphatic imine (C=N–C) groups is 2. The molecule has 0 fully saturated rings. The zero-order valence-electron chi connectivity index (χ0n) is 17.9. The first-order chi connectivity index (χ1) is 14.4. The Labute approximate surface area is 176 Å². The lowest BCUT2D eigenvalue weighted by Crippen LogP contribution is -2.15. The summed E-state index contributed by atoms with van der Waals surface area (Å²) in [7, 11) is 3.06. The number of methoxy groups -OCH3 is 1. The Morgan fingerprint density at radius 3 is 2.53 bits per heavy atom. The maximum Gasteiger partial charge on any atom is 0.337 e. The maximum absolute atomic E-state index is 12.1. The molecule has 0 radical (unpaired) electrons. The van der Waals surface area contributed by atoms with Crippen molar-refractivity contribution in [3.8, 4) is 0 Å². The summed E-state index contributed by atoms with van der Waals surface area (Å²) in [6.07, 6.45) is 5.37. The number of carbonyl (C=O) groups excluding carboxylic acids is 1. The van der Waals surface area contributed by atoms with E-state index in [0.29, 0.717) is 28.7 Å². The van der Waals surface area contributed by atoms with Gasteiger partial charge >= 0.3 is 5.97 Å². The van der Waals surface area contributed by atoms with Gasteiger partial charge in [-0.15, -0.1) is 0 Å². The van der Waals surface area contributed by atoms with Crippen LogP contribution in [0.15, 0.2) is 63.4 Å². The van der Waals surface area contributed by atoms with E-state index in [1.807, 2.05) is 24.3 Å². The molecule has 1 aromatic heterocycles. The van der Waals surface area contributed by atoms with Crippen molar-refractivity contribution in [1.82, 2.24) is 4.57 Å². The summed E-state index contributed by atoms with van der Waals surface area (Å²) in [5.41, 5.74) is 2.55. The predicted molar refractivity (Wildman–Crippen MR) is 124 cm³/mol. The molecule has 6 nitrogen and oxygen atoms in total. The molecule has 3 aromatic rings. The third kappa shape index (κ3) is 5.50. The molecule has 0 aliphatic rings. The number of ether oxygens (including phenoxy) is 1. The van der Waals surface area contributed by atoms with Crippen molar-refractivity contribution in [3.63, 3.8) is 0 Å². The molecule has 156 valence electrons. The van der Waals surface area contributed by atoms with E-state index in [1.54, 1.807) is 42.2 Å². The fourth-order valence-corrected chi connectivity index (χ4v) is 2.78. The van der Waals surface area contributed by atoms with Crippen LogP contribution in [0.25, 0.3) is 10.8 Å². The van der Waals surface area contributed by atoms with Crippen LogP contribution in [0.4, 0.5) is 11.4 Å². The van der Waals surface area contributed by atoms with Crippen molar-refractivity contribution in [3.05, 3.63) is 70.1 Å². The van der Waals surface area contributed by atoms with E-state index in [9.17, 15) is 9.59 Å². The van der Waals surface area contributed by atoms with Gasteiger partial charge in [-0.2, -0.15) is 0 Å². The predicted octanol–water partition coefficient (Wildman–Crippen LogP) is 5.02. The lowest BCUT2D eigenvalue weighted by molar-refractivity contribution is 0.0601. The number of aryl methyl sites for hydroxylation is 1. The molecule has 6 heteroatoms. The number of hydrogen-bond donors (Lipinski definition) is 0. The molecule has 0 aliphatic heterocycles. The Balaban J connectivity index is 0.00000101. The van der Waals surface area contributed by atoms with Crippen molar-refractivity contribution >= 4 is 41.0 Å². The van der Waals surface area contributed by atoms with E-state index in [2.05, 4.69) is 30.5 Å². The minimum atomic E-state index is -0.433. The average Bonchev–Trinajstić information content (AvgIpc) is 2.76. The largest absolute Gasteiger partial charge is 0.465 e. The summed E-state index contributed by atoms with van der Waals surface area (Å²) in [4.78, 5) is 32.0. The number of rotatable bonds is 5. The van der Waals surface area contributed by atoms with Crippen LogP contribution in [0, 0.1) is 0 Å². The first-order valence-corrected chi connectivity index (χ1v) is 9.75. The lowest BCUT2D eigenvalue weighted by atomic mass is 10.1. The molecule has 0 aliphatic carbocycles. The van der Waals surface area contributed by atoms with Crippen molar-refractivity contribution in [2.24, 2.45) is 17.0 Å². The van der Waals surface area contributed by atoms with Crippen LogP contribution in [-0.4, -0.2) is 30.6 Å². The molecule has 0 saturated heterocycles. The van der Waals surface area contributed by atoms with Gasteiger partial charge in [0.1, 0.15) is 0 Å². The molecular weight excluding hydrogens is 378 g/mol. The van der Waals surface area contributed by atoms with Crippen LogP contribution >= 0.6 is 0 Å². The quantitative estimate of drug-likeness (QED) is 0.442. The Morgan fingerprint density at radius 1 is 1.13 bits per heavy atom. The van der Waals surface area contributed by atoms with Gasteiger partial charge in [-0.1, -0.05) is 32.4 Å². The molecule has 3 rings (SSSR count). The van der Waals surface area contributed by atoms with Gasteiger partial charge in [0.15, 0.2) is 0 Å². The molecular formula is C24H27N3O3. The zero-order chi connectivity index (χ0) is 22.1. The Bertz CT molecular complexity index is 1130. The standard InChI is InChI=1S/C21H19N3O3.C3H8/c1-22-19-13-16(21(26)27-3)5-7-18(19)23-10-8-14-4-6-17-15(12-14)9-11-24(2)20(17)25;1-3-2/h4-7,9-13H,1,8H2,2-3H3;3H2,1-2H3. The summed E-state index contributed by atoms with van der Waals surface area (Å²) in [5.74, 6) is -0.433. The van der Waals surface area contributed by atoms with Gasteiger partial charge in [0.2, 0.25) is 0 Å². The van der Waals surface area contributed by atoms with Gasteiger partial charge < -0.3 is 9.30 Å². The smallest absolute Gasteiger partial charge is 0.337 e. The molecule has 2 aromatic carbocycles. The van der Waals surface area contributed by atoms with E-state index >= 15 is 0 Å². The number of aromatic nitrogens is 1. The third-order valence-corrected chi connectivity index (χ3v) is 4.27. The molecule has 0 unspecified atom stereocenters. The zero-order valence-corrected chi connectivity index (χ0v) is 17.9. The minimum absolute atomic E-state index is 0.0138. The van der Waals surface area contributed by atoms with Crippen LogP contribution in [-0.2, 0) is 18.2 Å². The normalized spacial score (nSPS) is 10.5. The number of esters is 1. The number of hydrogen-bond acceptors (Lipinski definition) is 5. The summed E-state index contributed by atoms with van der Waals surface area (Å²) >= 11 is 0. The molecule has 30 heavy (non-hydrogen) atoms. The monoisotopic (exact) mass is 405 g/mol. The Morgan fingerprint density at radius 2 is 1.87 bits per heavy atom. The number of nitrogens with zero attached hydrogens (tertiary/aromatic N) is 3. The highest BCUT2D eigenvalue weighted by atomic mass is 16.5. The fraction of sp³-hybridized carbons (Fsp3) is 0.250. The molecule has 0 atom stereocenters. The highest BCUT2D eigenvalue weighted by molar-refractivity contribution is 5.92. The highest BCUT2D eigenvalue weighted by Gasteiger charge is 2.08. The van der Waals surface area contributed by atoms with Gasteiger partial charge in [0.25, 0.3) is 5.56 Å². The molecule has 0 saturated carbocycles. The second kappa shape index (κ2) is 10.9. The van der Waals surface area contributed by atoms with Crippen LogP contribution in [0.2, 0.25) is 0 Å². The number of benzene rings is 2. The van der Waals surface area contributed by atoms with Crippen LogP contribution in [0.5, 0.6) is 0 Å². The average molecular weight is 405 g/mol. The summed E-state index contributed by atoms with van der Waals surface area (Å²) in [5, 5.41) is 1.59. The van der Waals surface area contributed by atoms with Crippen molar-refractivity contribution in [1.29, 1.82) is 0 Å². The topological polar surface area (TPSA) is 73.0 Å². The van der Waals surface area contributed by atoms with Crippen molar-refractivity contribution in [2.75, 3.05) is 7.11 Å². The lowest BCUT2D eigenvalue weighted by Gasteiger charge is -2.04. The number of fused-ring (bicyclic) bond motifs is 1. The SMILES string of the molecule is C=Nc1cc(C(=O)OC)ccc1N=CCc1ccc2c(=O)n(C)ccc2c1.CCC. The van der Waals surface area contributed by atoms with Gasteiger partial charge in [0, 0.05) is 31.3 Å². The fourth-order valence-electron chi connectivity index (χ4n) is 2.78. The second-order valence-corrected chi connectivity index (χ2v) is 6.73. The van der Waals surface area contributed by atoms with Gasteiger partial charge in [-0.05, 0) is 48.0 Å². The van der Waals surface area contributed by atoms with Crippen LogP contribution < -0.4 is 5.56 Å². The summed E-state index contributed by atoms with van der Waals surface area (Å²) in [6, 6.07) is 12.6. The van der Waals surface area contributed by atoms with Crippen LogP contribution in [0.3, 0.4) is 0 Å². The van der Waals surface area contributed by atoms with Crippen molar-refractivity contribution < 1.29 is 9.53 Å². The summed E-state index contributed by atoms with van der Waals surface area (Å²) < 4.78 is 6.26.